The normalized spacial score (nSPS) is 14.4. The molecule has 0 bridgehead atoms. The highest BCUT2D eigenvalue weighted by molar-refractivity contribution is 6.20. The van der Waals surface area contributed by atoms with Crippen molar-refractivity contribution >= 4 is 11.6 Å². The first-order chi connectivity index (χ1) is 8.68. The smallest absolute Gasteiger partial charge is 0.169 e. The molecule has 0 amide bonds. The molecule has 2 atom stereocenters. The van der Waals surface area contributed by atoms with Crippen LogP contribution in [0.3, 0.4) is 0 Å². The number of halogens is 1. The van der Waals surface area contributed by atoms with E-state index in [1.807, 2.05) is 17.7 Å². The molecule has 0 saturated heterocycles. The van der Waals surface area contributed by atoms with E-state index in [0.717, 1.165) is 18.7 Å². The van der Waals surface area contributed by atoms with Gasteiger partial charge >= 0.3 is 0 Å². The maximum atomic E-state index is 6.05. The van der Waals surface area contributed by atoms with Crippen LogP contribution >= 0.6 is 11.6 Å². The van der Waals surface area contributed by atoms with Crippen LogP contribution in [-0.4, -0.2) is 20.2 Å². The van der Waals surface area contributed by atoms with Gasteiger partial charge < -0.3 is 0 Å². The highest BCUT2D eigenvalue weighted by Gasteiger charge is 2.16. The summed E-state index contributed by atoms with van der Waals surface area (Å²) in [6.45, 7) is 4.00. The summed E-state index contributed by atoms with van der Waals surface area (Å²) in [6, 6.07) is 10.7. The largest absolute Gasteiger partial charge is 0.225 e. The van der Waals surface area contributed by atoms with Crippen molar-refractivity contribution in [3.8, 4) is 0 Å². The molecule has 0 saturated carbocycles. The van der Waals surface area contributed by atoms with Crippen molar-refractivity contribution < 1.29 is 0 Å². The van der Waals surface area contributed by atoms with Crippen molar-refractivity contribution in [3.63, 3.8) is 0 Å². The van der Waals surface area contributed by atoms with E-state index in [1.54, 1.807) is 0 Å². The molecule has 18 heavy (non-hydrogen) atoms. The minimum absolute atomic E-state index is 0.167. The van der Waals surface area contributed by atoms with Crippen LogP contribution in [0.15, 0.2) is 30.3 Å². The molecule has 2 rings (SSSR count). The van der Waals surface area contributed by atoms with Crippen molar-refractivity contribution in [2.75, 3.05) is 0 Å². The van der Waals surface area contributed by atoms with E-state index in [4.69, 9.17) is 11.6 Å². The van der Waals surface area contributed by atoms with Gasteiger partial charge in [0, 0.05) is 0 Å². The van der Waals surface area contributed by atoms with Gasteiger partial charge in [-0.2, -0.15) is 0 Å². The Labute approximate surface area is 112 Å². The van der Waals surface area contributed by atoms with Crippen molar-refractivity contribution in [3.05, 3.63) is 41.7 Å². The van der Waals surface area contributed by atoms with Crippen LogP contribution < -0.4 is 0 Å². The van der Waals surface area contributed by atoms with Crippen molar-refractivity contribution in [2.24, 2.45) is 0 Å². The minimum atomic E-state index is -0.167. The topological polar surface area (TPSA) is 43.6 Å². The lowest BCUT2D eigenvalue weighted by molar-refractivity contribution is 0.433. The maximum Gasteiger partial charge on any atom is 0.169 e. The summed E-state index contributed by atoms with van der Waals surface area (Å²) in [5, 5.41) is 11.5. The lowest BCUT2D eigenvalue weighted by Crippen LogP contribution is -2.12. The highest BCUT2D eigenvalue weighted by Crippen LogP contribution is 2.21. The molecule has 5 heteroatoms. The van der Waals surface area contributed by atoms with Gasteiger partial charge in [0.15, 0.2) is 5.82 Å². The molecule has 2 unspecified atom stereocenters. The molecule has 96 valence electrons. The SMILES string of the molecule is CC(Cl)c1nnnn1C(C)CCc1ccccc1. The maximum absolute atomic E-state index is 6.05. The fourth-order valence-corrected chi connectivity index (χ4v) is 2.06. The van der Waals surface area contributed by atoms with E-state index in [0.29, 0.717) is 0 Å². The van der Waals surface area contributed by atoms with Crippen LogP contribution in [0.25, 0.3) is 0 Å². The van der Waals surface area contributed by atoms with Gasteiger partial charge in [-0.3, -0.25) is 0 Å². The molecule has 4 nitrogen and oxygen atoms in total. The van der Waals surface area contributed by atoms with E-state index in [2.05, 4.69) is 46.7 Å². The van der Waals surface area contributed by atoms with E-state index in [9.17, 15) is 0 Å². The van der Waals surface area contributed by atoms with Gasteiger partial charge in [0.1, 0.15) is 0 Å². The number of hydrogen-bond acceptors (Lipinski definition) is 3. The zero-order valence-corrected chi connectivity index (χ0v) is 11.4. The molecule has 0 aliphatic carbocycles. The average Bonchev–Trinajstić information content (AvgIpc) is 2.86. The van der Waals surface area contributed by atoms with Crippen LogP contribution in [-0.2, 0) is 6.42 Å². The van der Waals surface area contributed by atoms with Gasteiger partial charge in [-0.1, -0.05) is 30.3 Å². The summed E-state index contributed by atoms with van der Waals surface area (Å²) in [4.78, 5) is 0. The summed E-state index contributed by atoms with van der Waals surface area (Å²) >= 11 is 6.05. The minimum Gasteiger partial charge on any atom is -0.225 e. The molecular formula is C13H17ClN4. The summed E-state index contributed by atoms with van der Waals surface area (Å²) < 4.78 is 1.82. The Kier molecular flexibility index (Phi) is 4.31. The second kappa shape index (κ2) is 5.96. The van der Waals surface area contributed by atoms with Gasteiger partial charge in [0.25, 0.3) is 0 Å². The summed E-state index contributed by atoms with van der Waals surface area (Å²) in [5.74, 6) is 0.734. The van der Waals surface area contributed by atoms with Crippen molar-refractivity contribution in [1.82, 2.24) is 20.2 Å². The molecule has 1 heterocycles. The molecule has 0 fully saturated rings. The Morgan fingerprint density at radius 1 is 1.22 bits per heavy atom. The molecule has 0 radical (unpaired) electrons. The first-order valence-corrected chi connectivity index (χ1v) is 6.58. The van der Waals surface area contributed by atoms with Crippen LogP contribution in [0.2, 0.25) is 0 Å². The Morgan fingerprint density at radius 2 is 1.94 bits per heavy atom. The Bertz CT molecular complexity index is 481. The van der Waals surface area contributed by atoms with Crippen LogP contribution in [0, 0.1) is 0 Å². The number of rotatable bonds is 5. The highest BCUT2D eigenvalue weighted by atomic mass is 35.5. The number of nitrogens with zero attached hydrogens (tertiary/aromatic N) is 4. The Morgan fingerprint density at radius 3 is 2.61 bits per heavy atom. The third-order valence-corrected chi connectivity index (χ3v) is 3.18. The van der Waals surface area contributed by atoms with Gasteiger partial charge in [-0.15, -0.1) is 16.7 Å². The number of alkyl halides is 1. The molecule has 0 aliphatic heterocycles. The number of aryl methyl sites for hydroxylation is 1. The first kappa shape index (κ1) is 13.0. The zero-order valence-electron chi connectivity index (χ0n) is 10.6. The van der Waals surface area contributed by atoms with Gasteiger partial charge in [0.05, 0.1) is 11.4 Å². The molecule has 0 aliphatic rings. The summed E-state index contributed by atoms with van der Waals surface area (Å²) in [7, 11) is 0. The molecule has 0 N–H and O–H groups in total. The van der Waals surface area contributed by atoms with Gasteiger partial charge in [0.2, 0.25) is 0 Å². The van der Waals surface area contributed by atoms with E-state index in [1.165, 1.54) is 5.56 Å². The monoisotopic (exact) mass is 264 g/mol. The quantitative estimate of drug-likeness (QED) is 0.779. The van der Waals surface area contributed by atoms with Crippen molar-refractivity contribution in [2.45, 2.75) is 38.1 Å². The van der Waals surface area contributed by atoms with Gasteiger partial charge in [-0.05, 0) is 42.7 Å². The number of hydrogen-bond donors (Lipinski definition) is 0. The third-order valence-electron chi connectivity index (χ3n) is 2.99. The lowest BCUT2D eigenvalue weighted by atomic mass is 10.1. The fourth-order valence-electron chi connectivity index (χ4n) is 1.92. The molecule has 1 aromatic carbocycles. The van der Waals surface area contributed by atoms with Crippen molar-refractivity contribution in [1.29, 1.82) is 0 Å². The Balaban J connectivity index is 1.99. The number of aromatic nitrogens is 4. The fraction of sp³-hybridized carbons (Fsp3) is 0.462. The van der Waals surface area contributed by atoms with Crippen LogP contribution in [0.5, 0.6) is 0 Å². The first-order valence-electron chi connectivity index (χ1n) is 6.14. The van der Waals surface area contributed by atoms with Crippen LogP contribution in [0.4, 0.5) is 0 Å². The van der Waals surface area contributed by atoms with E-state index in [-0.39, 0.29) is 11.4 Å². The summed E-state index contributed by atoms with van der Waals surface area (Å²) in [6.07, 6.45) is 2.00. The molecular weight excluding hydrogens is 248 g/mol. The molecule has 2 aromatic rings. The second-order valence-corrected chi connectivity index (χ2v) is 5.13. The Hall–Kier alpha value is -1.42. The zero-order chi connectivity index (χ0) is 13.0. The second-order valence-electron chi connectivity index (χ2n) is 4.47. The molecule has 1 aromatic heterocycles. The van der Waals surface area contributed by atoms with E-state index >= 15 is 0 Å². The van der Waals surface area contributed by atoms with Crippen LogP contribution in [0.1, 0.15) is 43.1 Å². The third kappa shape index (κ3) is 3.07. The standard InChI is InChI=1S/C13H17ClN4/c1-10(8-9-12-6-4-3-5-7-12)18-13(11(2)14)15-16-17-18/h3-7,10-11H,8-9H2,1-2H3. The van der Waals surface area contributed by atoms with Gasteiger partial charge in [-0.25, -0.2) is 4.68 Å². The predicted octanol–water partition coefficient (Wildman–Crippen LogP) is 3.17. The molecule has 0 spiro atoms. The number of tetrazole rings is 1. The average molecular weight is 265 g/mol. The number of benzene rings is 1. The lowest BCUT2D eigenvalue weighted by Gasteiger charge is -2.14. The predicted molar refractivity (Wildman–Crippen MR) is 71.6 cm³/mol. The van der Waals surface area contributed by atoms with E-state index < -0.39 is 0 Å². The summed E-state index contributed by atoms with van der Waals surface area (Å²) in [5.41, 5.74) is 1.33.